The maximum absolute atomic E-state index is 13.3. The molecule has 0 saturated carbocycles. The molecule has 2 rings (SSSR count). The first-order chi connectivity index (χ1) is 9.60. The van der Waals surface area contributed by atoms with E-state index in [2.05, 4.69) is 15.3 Å². The van der Waals surface area contributed by atoms with Crippen molar-refractivity contribution in [2.75, 3.05) is 7.05 Å². The van der Waals surface area contributed by atoms with Gasteiger partial charge in [0.15, 0.2) is 0 Å². The normalized spacial score (nSPS) is 12.4. The fraction of sp³-hybridized carbons (Fsp3) is 0.333. The molecule has 4 nitrogen and oxygen atoms in total. The van der Waals surface area contributed by atoms with E-state index in [0.29, 0.717) is 5.75 Å². The highest BCUT2D eigenvalue weighted by Crippen LogP contribution is 2.24. The van der Waals surface area contributed by atoms with Crippen LogP contribution in [0.25, 0.3) is 0 Å². The van der Waals surface area contributed by atoms with E-state index in [0.717, 1.165) is 11.1 Å². The Balaban J connectivity index is 2.32. The third-order valence-corrected chi connectivity index (χ3v) is 2.79. The van der Waals surface area contributed by atoms with Gasteiger partial charge in [-0.3, -0.25) is 9.97 Å². The first-order valence-corrected chi connectivity index (χ1v) is 6.49. The standard InChI is InChI=1S/C15H18FN3O/c1-10(2)20-14-5-12(7-19-9-14)15(17-3)11-4-13(16)8-18-6-11/h4-10,15,17H,1-3H3. The van der Waals surface area contributed by atoms with Gasteiger partial charge in [0.05, 0.1) is 24.5 Å². The molecule has 2 aromatic rings. The van der Waals surface area contributed by atoms with E-state index in [1.54, 1.807) is 18.6 Å². The van der Waals surface area contributed by atoms with Crippen LogP contribution in [-0.4, -0.2) is 23.1 Å². The molecule has 0 saturated heterocycles. The van der Waals surface area contributed by atoms with Crippen LogP contribution in [0, 0.1) is 5.82 Å². The number of hydrogen-bond acceptors (Lipinski definition) is 4. The molecule has 0 bridgehead atoms. The van der Waals surface area contributed by atoms with Gasteiger partial charge in [-0.1, -0.05) is 0 Å². The number of rotatable bonds is 5. The van der Waals surface area contributed by atoms with E-state index in [-0.39, 0.29) is 18.0 Å². The molecular weight excluding hydrogens is 257 g/mol. The lowest BCUT2D eigenvalue weighted by molar-refractivity contribution is 0.241. The van der Waals surface area contributed by atoms with Crippen LogP contribution in [0.4, 0.5) is 4.39 Å². The van der Waals surface area contributed by atoms with Gasteiger partial charge in [-0.05, 0) is 44.2 Å². The molecule has 106 valence electrons. The molecule has 0 aliphatic carbocycles. The smallest absolute Gasteiger partial charge is 0.141 e. The molecule has 2 heterocycles. The van der Waals surface area contributed by atoms with Crippen molar-refractivity contribution < 1.29 is 9.13 Å². The Kier molecular flexibility index (Phi) is 4.63. The third kappa shape index (κ3) is 3.51. The molecule has 20 heavy (non-hydrogen) atoms. The van der Waals surface area contributed by atoms with E-state index in [1.807, 2.05) is 27.0 Å². The molecule has 0 radical (unpaired) electrons. The van der Waals surface area contributed by atoms with Crippen molar-refractivity contribution in [1.29, 1.82) is 0 Å². The molecule has 1 N–H and O–H groups in total. The summed E-state index contributed by atoms with van der Waals surface area (Å²) in [6.07, 6.45) is 6.31. The zero-order chi connectivity index (χ0) is 14.5. The van der Waals surface area contributed by atoms with Gasteiger partial charge in [0, 0.05) is 12.4 Å². The quantitative estimate of drug-likeness (QED) is 0.911. The predicted molar refractivity (Wildman–Crippen MR) is 75.1 cm³/mol. The van der Waals surface area contributed by atoms with Crippen molar-refractivity contribution in [2.45, 2.75) is 26.0 Å². The fourth-order valence-electron chi connectivity index (χ4n) is 2.04. The van der Waals surface area contributed by atoms with Crippen molar-refractivity contribution in [1.82, 2.24) is 15.3 Å². The van der Waals surface area contributed by atoms with Crippen molar-refractivity contribution in [2.24, 2.45) is 0 Å². The van der Waals surface area contributed by atoms with Crippen LogP contribution in [0.3, 0.4) is 0 Å². The number of nitrogens with zero attached hydrogens (tertiary/aromatic N) is 2. The summed E-state index contributed by atoms with van der Waals surface area (Å²) in [7, 11) is 1.81. The maximum atomic E-state index is 13.3. The Morgan fingerprint density at radius 3 is 2.30 bits per heavy atom. The molecule has 0 aliphatic rings. The average Bonchev–Trinajstić information content (AvgIpc) is 2.39. The van der Waals surface area contributed by atoms with Crippen LogP contribution >= 0.6 is 0 Å². The second kappa shape index (κ2) is 6.43. The van der Waals surface area contributed by atoms with Crippen molar-refractivity contribution in [3.63, 3.8) is 0 Å². The van der Waals surface area contributed by atoms with E-state index < -0.39 is 0 Å². The summed E-state index contributed by atoms with van der Waals surface area (Å²) in [4.78, 5) is 8.06. The highest BCUT2D eigenvalue weighted by atomic mass is 19.1. The minimum absolute atomic E-state index is 0.0796. The molecule has 2 aromatic heterocycles. The second-order valence-electron chi connectivity index (χ2n) is 4.78. The summed E-state index contributed by atoms with van der Waals surface area (Å²) in [6, 6.07) is 3.19. The molecule has 0 aromatic carbocycles. The monoisotopic (exact) mass is 275 g/mol. The number of halogens is 1. The number of pyridine rings is 2. The van der Waals surface area contributed by atoms with Crippen LogP contribution in [0.2, 0.25) is 0 Å². The van der Waals surface area contributed by atoms with Crippen LogP contribution in [0.15, 0.2) is 36.9 Å². The van der Waals surface area contributed by atoms with Crippen LogP contribution < -0.4 is 10.1 Å². The average molecular weight is 275 g/mol. The van der Waals surface area contributed by atoms with Crippen LogP contribution in [0.5, 0.6) is 5.75 Å². The minimum atomic E-state index is -0.356. The zero-order valence-corrected chi connectivity index (χ0v) is 11.8. The van der Waals surface area contributed by atoms with E-state index in [4.69, 9.17) is 4.74 Å². The van der Waals surface area contributed by atoms with Crippen LogP contribution in [0.1, 0.15) is 31.0 Å². The zero-order valence-electron chi connectivity index (χ0n) is 11.8. The number of ether oxygens (including phenoxy) is 1. The molecule has 0 spiro atoms. The Bertz CT molecular complexity index is 575. The SMILES string of the molecule is CNC(c1cncc(F)c1)c1cncc(OC(C)C)c1. The van der Waals surface area contributed by atoms with Gasteiger partial charge < -0.3 is 10.1 Å². The summed E-state index contributed by atoms with van der Waals surface area (Å²) in [5.74, 6) is 0.340. The molecule has 1 atom stereocenters. The molecule has 0 amide bonds. The van der Waals surface area contributed by atoms with Gasteiger partial charge in [0.25, 0.3) is 0 Å². The van der Waals surface area contributed by atoms with Gasteiger partial charge in [0.1, 0.15) is 11.6 Å². The summed E-state index contributed by atoms with van der Waals surface area (Å²) in [5.41, 5.74) is 1.65. The predicted octanol–water partition coefficient (Wildman–Crippen LogP) is 2.71. The highest BCUT2D eigenvalue weighted by Gasteiger charge is 2.14. The lowest BCUT2D eigenvalue weighted by Crippen LogP contribution is -2.18. The van der Waals surface area contributed by atoms with Gasteiger partial charge in [0.2, 0.25) is 0 Å². The minimum Gasteiger partial charge on any atom is -0.489 e. The summed E-state index contributed by atoms with van der Waals surface area (Å²) in [5, 5.41) is 3.14. The Morgan fingerprint density at radius 2 is 1.70 bits per heavy atom. The van der Waals surface area contributed by atoms with Gasteiger partial charge in [-0.15, -0.1) is 0 Å². The maximum Gasteiger partial charge on any atom is 0.141 e. The van der Waals surface area contributed by atoms with E-state index in [1.165, 1.54) is 12.3 Å². The lowest BCUT2D eigenvalue weighted by atomic mass is 10.0. The Hall–Kier alpha value is -2.01. The first-order valence-electron chi connectivity index (χ1n) is 6.49. The molecule has 5 heteroatoms. The third-order valence-electron chi connectivity index (χ3n) is 2.79. The van der Waals surface area contributed by atoms with Crippen molar-refractivity contribution in [3.05, 3.63) is 53.9 Å². The Morgan fingerprint density at radius 1 is 1.05 bits per heavy atom. The van der Waals surface area contributed by atoms with Crippen LogP contribution in [-0.2, 0) is 0 Å². The molecule has 0 fully saturated rings. The van der Waals surface area contributed by atoms with E-state index >= 15 is 0 Å². The summed E-state index contributed by atoms with van der Waals surface area (Å²) in [6.45, 7) is 3.91. The lowest BCUT2D eigenvalue weighted by Gasteiger charge is -2.18. The van der Waals surface area contributed by atoms with Gasteiger partial charge in [-0.2, -0.15) is 0 Å². The fourth-order valence-corrected chi connectivity index (χ4v) is 2.04. The highest BCUT2D eigenvalue weighted by molar-refractivity contribution is 5.33. The van der Waals surface area contributed by atoms with E-state index in [9.17, 15) is 4.39 Å². The van der Waals surface area contributed by atoms with Gasteiger partial charge >= 0.3 is 0 Å². The number of nitrogens with one attached hydrogen (secondary N) is 1. The number of aromatic nitrogens is 2. The molecular formula is C15H18FN3O. The Labute approximate surface area is 118 Å². The topological polar surface area (TPSA) is 47.0 Å². The molecule has 1 unspecified atom stereocenters. The first kappa shape index (κ1) is 14.4. The molecule has 0 aliphatic heterocycles. The van der Waals surface area contributed by atoms with Gasteiger partial charge in [-0.25, -0.2) is 4.39 Å². The second-order valence-corrected chi connectivity index (χ2v) is 4.78. The summed E-state index contributed by atoms with van der Waals surface area (Å²) < 4.78 is 18.9. The largest absolute Gasteiger partial charge is 0.489 e. The van der Waals surface area contributed by atoms with Crippen molar-refractivity contribution in [3.8, 4) is 5.75 Å². The number of hydrogen-bond donors (Lipinski definition) is 1. The van der Waals surface area contributed by atoms with Crippen molar-refractivity contribution >= 4 is 0 Å². The summed E-state index contributed by atoms with van der Waals surface area (Å²) >= 11 is 0.